The van der Waals surface area contributed by atoms with Crippen LogP contribution < -0.4 is 9.47 Å². The molecule has 0 aliphatic rings. The minimum Gasteiger partial charge on any atom is -0.493 e. The van der Waals surface area contributed by atoms with E-state index in [1.807, 2.05) is 62.4 Å². The van der Waals surface area contributed by atoms with Gasteiger partial charge in [-0.15, -0.1) is 0 Å². The normalized spacial score (nSPS) is 13.9. The highest BCUT2D eigenvalue weighted by Gasteiger charge is 2.23. The number of hydrogen-bond acceptors (Lipinski definition) is 7. The number of aliphatic hydroxyl groups excluding tert-OH is 1. The number of hydrogen-bond donors (Lipinski definition) is 1. The first kappa shape index (κ1) is 29.6. The Labute approximate surface area is 219 Å². The molecule has 0 amide bonds. The SMILES string of the molecule is C=CC(=O)OC(C)C(C)COc1ccc(C(C)(C)c2ccc(OCC(O)COC(=O)C=CC)cc2)cc1. The molecule has 37 heavy (non-hydrogen) atoms. The van der Waals surface area contributed by atoms with Gasteiger partial charge in [-0.2, -0.15) is 0 Å². The number of carbonyl (C=O) groups excluding carboxylic acids is 2. The Bertz CT molecular complexity index is 1040. The van der Waals surface area contributed by atoms with Crippen molar-refractivity contribution in [1.29, 1.82) is 0 Å². The van der Waals surface area contributed by atoms with Crippen molar-refractivity contribution in [2.24, 2.45) is 5.92 Å². The monoisotopic (exact) mass is 510 g/mol. The lowest BCUT2D eigenvalue weighted by molar-refractivity contribution is -0.145. The summed E-state index contributed by atoms with van der Waals surface area (Å²) in [5.41, 5.74) is 1.95. The van der Waals surface area contributed by atoms with E-state index in [4.69, 9.17) is 18.9 Å². The van der Waals surface area contributed by atoms with Crippen LogP contribution in [0.5, 0.6) is 11.5 Å². The molecule has 2 aromatic carbocycles. The lowest BCUT2D eigenvalue weighted by Crippen LogP contribution is -2.26. The third-order valence-electron chi connectivity index (χ3n) is 6.10. The molecule has 0 aliphatic heterocycles. The van der Waals surface area contributed by atoms with E-state index in [1.165, 1.54) is 6.08 Å². The molecule has 2 aromatic rings. The van der Waals surface area contributed by atoms with Crippen LogP contribution in [0, 0.1) is 5.92 Å². The van der Waals surface area contributed by atoms with Crippen molar-refractivity contribution in [3.8, 4) is 11.5 Å². The largest absolute Gasteiger partial charge is 0.493 e. The maximum atomic E-state index is 11.4. The van der Waals surface area contributed by atoms with E-state index >= 15 is 0 Å². The summed E-state index contributed by atoms with van der Waals surface area (Å²) >= 11 is 0. The number of esters is 2. The van der Waals surface area contributed by atoms with Gasteiger partial charge in [-0.25, -0.2) is 9.59 Å². The Morgan fingerprint density at radius 3 is 1.89 bits per heavy atom. The molecule has 0 saturated carbocycles. The van der Waals surface area contributed by atoms with Gasteiger partial charge >= 0.3 is 11.9 Å². The first-order valence-corrected chi connectivity index (χ1v) is 12.3. The Hall–Kier alpha value is -3.58. The predicted molar refractivity (Wildman–Crippen MR) is 143 cm³/mol. The van der Waals surface area contributed by atoms with Gasteiger partial charge in [-0.1, -0.05) is 57.7 Å². The molecule has 3 atom stereocenters. The predicted octanol–water partition coefficient (Wildman–Crippen LogP) is 5.00. The van der Waals surface area contributed by atoms with Crippen molar-refractivity contribution in [3.63, 3.8) is 0 Å². The van der Waals surface area contributed by atoms with Crippen LogP contribution in [0.4, 0.5) is 0 Å². The summed E-state index contributed by atoms with van der Waals surface area (Å²) in [6, 6.07) is 15.6. The highest BCUT2D eigenvalue weighted by Crippen LogP contribution is 2.33. The summed E-state index contributed by atoms with van der Waals surface area (Å²) in [4.78, 5) is 22.7. The Morgan fingerprint density at radius 1 is 0.892 bits per heavy atom. The average Bonchev–Trinajstić information content (AvgIpc) is 2.89. The van der Waals surface area contributed by atoms with Gasteiger partial charge in [0.05, 0.1) is 6.61 Å². The molecule has 1 N–H and O–H groups in total. The van der Waals surface area contributed by atoms with Crippen LogP contribution in [0.25, 0.3) is 0 Å². The van der Waals surface area contributed by atoms with Crippen LogP contribution in [0.2, 0.25) is 0 Å². The molecule has 0 fully saturated rings. The molecule has 0 bridgehead atoms. The number of allylic oxidation sites excluding steroid dienone is 1. The maximum Gasteiger partial charge on any atom is 0.330 e. The van der Waals surface area contributed by atoms with Crippen LogP contribution in [-0.2, 0) is 24.5 Å². The van der Waals surface area contributed by atoms with Gasteiger partial charge in [-0.3, -0.25) is 0 Å². The molecule has 0 radical (unpaired) electrons. The average molecular weight is 511 g/mol. The van der Waals surface area contributed by atoms with Gasteiger partial charge < -0.3 is 24.1 Å². The summed E-state index contributed by atoms with van der Waals surface area (Å²) in [7, 11) is 0. The molecule has 3 unspecified atom stereocenters. The summed E-state index contributed by atoms with van der Waals surface area (Å²) in [6.07, 6.45) is 2.83. The molecular formula is C30H38O7. The lowest BCUT2D eigenvalue weighted by Gasteiger charge is -2.27. The Morgan fingerprint density at radius 2 is 1.41 bits per heavy atom. The minimum absolute atomic E-state index is 0.0153. The molecule has 2 rings (SSSR count). The molecular weight excluding hydrogens is 472 g/mol. The molecule has 0 saturated heterocycles. The number of aliphatic hydroxyl groups is 1. The number of benzene rings is 2. The zero-order valence-corrected chi connectivity index (χ0v) is 22.3. The van der Waals surface area contributed by atoms with Crippen molar-refractivity contribution < 1.29 is 33.6 Å². The molecule has 0 heterocycles. The zero-order valence-electron chi connectivity index (χ0n) is 22.3. The quantitative estimate of drug-likeness (QED) is 0.282. The summed E-state index contributed by atoms with van der Waals surface area (Å²) in [5.74, 6) is 0.446. The van der Waals surface area contributed by atoms with E-state index in [-0.39, 0.29) is 30.7 Å². The fourth-order valence-electron chi connectivity index (χ4n) is 3.42. The van der Waals surface area contributed by atoms with Crippen molar-refractivity contribution in [2.75, 3.05) is 19.8 Å². The van der Waals surface area contributed by atoms with Crippen LogP contribution in [0.15, 0.2) is 73.3 Å². The highest BCUT2D eigenvalue weighted by molar-refractivity contribution is 5.81. The number of carbonyl (C=O) groups is 2. The van der Waals surface area contributed by atoms with Gasteiger partial charge in [0, 0.05) is 23.5 Å². The third-order valence-corrected chi connectivity index (χ3v) is 6.10. The van der Waals surface area contributed by atoms with Gasteiger partial charge in [0.25, 0.3) is 0 Å². The third kappa shape index (κ3) is 9.42. The van der Waals surface area contributed by atoms with E-state index < -0.39 is 18.0 Å². The van der Waals surface area contributed by atoms with Gasteiger partial charge in [-0.05, 0) is 49.2 Å². The number of ether oxygens (including phenoxy) is 4. The summed E-state index contributed by atoms with van der Waals surface area (Å²) in [5, 5.41) is 9.96. The molecule has 200 valence electrons. The molecule has 7 heteroatoms. The van der Waals surface area contributed by atoms with E-state index in [2.05, 4.69) is 20.4 Å². The molecule has 0 aromatic heterocycles. The first-order valence-electron chi connectivity index (χ1n) is 12.3. The zero-order chi connectivity index (χ0) is 27.4. The standard InChI is InChI=1S/C30H38O7/c1-7-9-29(33)36-20-25(31)19-35-27-16-12-24(13-17-27)30(5,6)23-10-14-26(15-11-23)34-18-21(3)22(4)37-28(32)8-2/h7-17,21-22,25,31H,2,18-20H2,1,3-6H3. The first-order chi connectivity index (χ1) is 17.6. The number of rotatable bonds is 14. The topological polar surface area (TPSA) is 91.3 Å². The van der Waals surface area contributed by atoms with E-state index in [0.717, 1.165) is 23.0 Å². The summed E-state index contributed by atoms with van der Waals surface area (Å²) < 4.78 is 21.7. The molecule has 0 aliphatic carbocycles. The fraction of sp³-hybridized carbons (Fsp3) is 0.400. The van der Waals surface area contributed by atoms with E-state index in [0.29, 0.717) is 12.4 Å². The highest BCUT2D eigenvalue weighted by atomic mass is 16.6. The Kier molecular flexibility index (Phi) is 11.4. The van der Waals surface area contributed by atoms with E-state index in [9.17, 15) is 14.7 Å². The minimum atomic E-state index is -0.917. The fourth-order valence-corrected chi connectivity index (χ4v) is 3.42. The summed E-state index contributed by atoms with van der Waals surface area (Å²) in [6.45, 7) is 13.5. The van der Waals surface area contributed by atoms with Crippen molar-refractivity contribution >= 4 is 11.9 Å². The van der Waals surface area contributed by atoms with Crippen molar-refractivity contribution in [1.82, 2.24) is 0 Å². The van der Waals surface area contributed by atoms with Gasteiger partial charge in [0.2, 0.25) is 0 Å². The second kappa shape index (κ2) is 14.2. The molecule has 7 nitrogen and oxygen atoms in total. The van der Waals surface area contributed by atoms with Gasteiger partial charge in [0.1, 0.15) is 36.9 Å². The maximum absolute atomic E-state index is 11.4. The smallest absolute Gasteiger partial charge is 0.330 e. The van der Waals surface area contributed by atoms with Crippen LogP contribution in [0.3, 0.4) is 0 Å². The Balaban J connectivity index is 1.90. The van der Waals surface area contributed by atoms with Crippen LogP contribution in [0.1, 0.15) is 45.7 Å². The van der Waals surface area contributed by atoms with E-state index in [1.54, 1.807) is 13.0 Å². The van der Waals surface area contributed by atoms with Crippen molar-refractivity contribution in [3.05, 3.63) is 84.5 Å². The lowest BCUT2D eigenvalue weighted by atomic mass is 9.78. The second-order valence-corrected chi connectivity index (χ2v) is 9.40. The van der Waals surface area contributed by atoms with Crippen molar-refractivity contribution in [2.45, 2.75) is 52.2 Å². The molecule has 0 spiro atoms. The van der Waals surface area contributed by atoms with Crippen LogP contribution >= 0.6 is 0 Å². The van der Waals surface area contributed by atoms with Crippen LogP contribution in [-0.4, -0.2) is 49.1 Å². The van der Waals surface area contributed by atoms with Gasteiger partial charge in [0.15, 0.2) is 0 Å². The second-order valence-electron chi connectivity index (χ2n) is 9.40.